The molecule has 2 nitrogen and oxygen atoms in total. The number of hydrogen-bond donors (Lipinski definition) is 1. The van der Waals surface area contributed by atoms with Gasteiger partial charge in [-0.15, -0.1) is 0 Å². The second kappa shape index (κ2) is 4.27. The Kier molecular flexibility index (Phi) is 3.28. The Morgan fingerprint density at radius 2 is 1.86 bits per heavy atom. The molecule has 0 atom stereocenters. The third kappa shape index (κ3) is 2.13. The van der Waals surface area contributed by atoms with Crippen LogP contribution in [0.15, 0.2) is 12.1 Å². The van der Waals surface area contributed by atoms with Crippen molar-refractivity contribution in [1.29, 1.82) is 0 Å². The Morgan fingerprint density at radius 3 is 2.36 bits per heavy atom. The van der Waals surface area contributed by atoms with Crippen LogP contribution in [-0.4, -0.2) is 12.3 Å². The molecule has 0 spiro atoms. The zero-order chi connectivity index (χ0) is 10.7. The summed E-state index contributed by atoms with van der Waals surface area (Å²) in [5.41, 5.74) is 4.11. The number of rotatable bonds is 3. The number of hydrogen-bond acceptors (Lipinski definition) is 2. The van der Waals surface area contributed by atoms with E-state index in [1.165, 1.54) is 5.56 Å². The number of ketones is 1. The van der Waals surface area contributed by atoms with Crippen molar-refractivity contribution in [1.82, 2.24) is 0 Å². The number of Topliss-reactive ketones (excluding diaryl/α,β-unsaturated/α-hetero) is 1. The standard InChI is InChI=1S/C12H17NO/c1-5-13-12-7-9(3)8(2)6-11(12)10(4)14/h6-7,13H,5H2,1-4H3. The van der Waals surface area contributed by atoms with Crippen LogP contribution >= 0.6 is 0 Å². The lowest BCUT2D eigenvalue weighted by Crippen LogP contribution is -2.05. The molecule has 76 valence electrons. The van der Waals surface area contributed by atoms with E-state index >= 15 is 0 Å². The monoisotopic (exact) mass is 191 g/mol. The van der Waals surface area contributed by atoms with Gasteiger partial charge >= 0.3 is 0 Å². The van der Waals surface area contributed by atoms with Crippen LogP contribution in [0.4, 0.5) is 5.69 Å². The number of carbonyl (C=O) groups excluding carboxylic acids is 1. The van der Waals surface area contributed by atoms with Crippen LogP contribution in [0, 0.1) is 13.8 Å². The van der Waals surface area contributed by atoms with Gasteiger partial charge in [-0.25, -0.2) is 0 Å². The molecule has 0 amide bonds. The Bertz CT molecular complexity index is 356. The molecule has 1 aromatic rings. The summed E-state index contributed by atoms with van der Waals surface area (Å²) in [7, 11) is 0. The molecule has 0 saturated carbocycles. The molecule has 0 unspecified atom stereocenters. The largest absolute Gasteiger partial charge is 0.385 e. The van der Waals surface area contributed by atoms with Gasteiger partial charge in [0.1, 0.15) is 0 Å². The minimum absolute atomic E-state index is 0.115. The van der Waals surface area contributed by atoms with Gasteiger partial charge < -0.3 is 5.32 Å². The van der Waals surface area contributed by atoms with Crippen molar-refractivity contribution in [2.45, 2.75) is 27.7 Å². The maximum Gasteiger partial charge on any atom is 0.161 e. The first kappa shape index (κ1) is 10.8. The summed E-state index contributed by atoms with van der Waals surface area (Å²) in [6.45, 7) is 8.55. The molecular formula is C12H17NO. The van der Waals surface area contributed by atoms with Gasteiger partial charge in [-0.2, -0.15) is 0 Å². The second-order valence-electron chi connectivity index (χ2n) is 3.57. The summed E-state index contributed by atoms with van der Waals surface area (Å²) in [6, 6.07) is 3.99. The molecule has 0 aromatic heterocycles. The van der Waals surface area contributed by atoms with E-state index in [0.717, 1.165) is 23.4 Å². The zero-order valence-corrected chi connectivity index (χ0v) is 9.27. The average Bonchev–Trinajstić information content (AvgIpc) is 2.11. The van der Waals surface area contributed by atoms with E-state index < -0.39 is 0 Å². The van der Waals surface area contributed by atoms with Crippen LogP contribution in [0.1, 0.15) is 35.3 Å². The van der Waals surface area contributed by atoms with Crippen LogP contribution in [-0.2, 0) is 0 Å². The van der Waals surface area contributed by atoms with Gasteiger partial charge in [0, 0.05) is 17.8 Å². The number of benzene rings is 1. The Morgan fingerprint density at radius 1 is 1.29 bits per heavy atom. The van der Waals surface area contributed by atoms with E-state index in [1.807, 2.05) is 26.0 Å². The fourth-order valence-electron chi connectivity index (χ4n) is 1.44. The van der Waals surface area contributed by atoms with Gasteiger partial charge in [0.2, 0.25) is 0 Å². The van der Waals surface area contributed by atoms with Gasteiger partial charge in [-0.3, -0.25) is 4.79 Å². The van der Waals surface area contributed by atoms with E-state index in [4.69, 9.17) is 0 Å². The zero-order valence-electron chi connectivity index (χ0n) is 9.27. The van der Waals surface area contributed by atoms with Crippen molar-refractivity contribution < 1.29 is 4.79 Å². The van der Waals surface area contributed by atoms with Gasteiger partial charge in [-0.05, 0) is 51.0 Å². The number of anilines is 1. The van der Waals surface area contributed by atoms with Gasteiger partial charge in [0.15, 0.2) is 5.78 Å². The predicted octanol–water partition coefficient (Wildman–Crippen LogP) is 2.94. The normalized spacial score (nSPS) is 10.0. The second-order valence-corrected chi connectivity index (χ2v) is 3.57. The summed E-state index contributed by atoms with van der Waals surface area (Å²) in [6.07, 6.45) is 0. The fraction of sp³-hybridized carbons (Fsp3) is 0.417. The maximum atomic E-state index is 11.4. The number of aryl methyl sites for hydroxylation is 2. The lowest BCUT2D eigenvalue weighted by molar-refractivity contribution is 0.101. The molecule has 1 rings (SSSR count). The van der Waals surface area contributed by atoms with Crippen molar-refractivity contribution in [3.63, 3.8) is 0 Å². The molecule has 0 aliphatic carbocycles. The molecular weight excluding hydrogens is 174 g/mol. The molecule has 0 bridgehead atoms. The summed E-state index contributed by atoms with van der Waals surface area (Å²) >= 11 is 0. The molecule has 0 radical (unpaired) electrons. The van der Waals surface area contributed by atoms with Crippen LogP contribution in [0.25, 0.3) is 0 Å². The lowest BCUT2D eigenvalue weighted by Gasteiger charge is -2.11. The van der Waals surface area contributed by atoms with E-state index in [9.17, 15) is 4.79 Å². The quantitative estimate of drug-likeness (QED) is 0.744. The first-order chi connectivity index (χ1) is 6.56. The smallest absolute Gasteiger partial charge is 0.161 e. The van der Waals surface area contributed by atoms with Crippen molar-refractivity contribution in [2.24, 2.45) is 0 Å². The highest BCUT2D eigenvalue weighted by atomic mass is 16.1. The molecule has 0 aliphatic heterocycles. The highest BCUT2D eigenvalue weighted by Crippen LogP contribution is 2.21. The van der Waals surface area contributed by atoms with Crippen molar-refractivity contribution >= 4 is 11.5 Å². The average molecular weight is 191 g/mol. The number of nitrogens with one attached hydrogen (secondary N) is 1. The Hall–Kier alpha value is -1.31. The molecule has 0 aliphatic rings. The van der Waals surface area contributed by atoms with E-state index in [-0.39, 0.29) is 5.78 Å². The fourth-order valence-corrected chi connectivity index (χ4v) is 1.44. The maximum absolute atomic E-state index is 11.4. The minimum Gasteiger partial charge on any atom is -0.385 e. The van der Waals surface area contributed by atoms with Crippen LogP contribution < -0.4 is 5.32 Å². The van der Waals surface area contributed by atoms with Crippen LogP contribution in [0.3, 0.4) is 0 Å². The van der Waals surface area contributed by atoms with Crippen molar-refractivity contribution in [3.05, 3.63) is 28.8 Å². The van der Waals surface area contributed by atoms with Gasteiger partial charge in [0.25, 0.3) is 0 Å². The molecule has 0 heterocycles. The van der Waals surface area contributed by atoms with E-state index in [0.29, 0.717) is 0 Å². The summed E-state index contributed by atoms with van der Waals surface area (Å²) in [5, 5.41) is 3.20. The van der Waals surface area contributed by atoms with E-state index in [1.54, 1.807) is 6.92 Å². The summed E-state index contributed by atoms with van der Waals surface area (Å²) in [5.74, 6) is 0.115. The van der Waals surface area contributed by atoms with E-state index in [2.05, 4.69) is 12.2 Å². The van der Waals surface area contributed by atoms with Gasteiger partial charge in [0.05, 0.1) is 0 Å². The van der Waals surface area contributed by atoms with Crippen LogP contribution in [0.2, 0.25) is 0 Å². The highest BCUT2D eigenvalue weighted by Gasteiger charge is 2.08. The lowest BCUT2D eigenvalue weighted by atomic mass is 10.0. The number of carbonyl (C=O) groups is 1. The molecule has 1 N–H and O–H groups in total. The predicted molar refractivity (Wildman–Crippen MR) is 60.1 cm³/mol. The molecule has 0 fully saturated rings. The Labute approximate surface area is 85.3 Å². The van der Waals surface area contributed by atoms with Crippen molar-refractivity contribution in [2.75, 3.05) is 11.9 Å². The van der Waals surface area contributed by atoms with Crippen molar-refractivity contribution in [3.8, 4) is 0 Å². The molecule has 1 aromatic carbocycles. The summed E-state index contributed by atoms with van der Waals surface area (Å²) in [4.78, 5) is 11.4. The van der Waals surface area contributed by atoms with Gasteiger partial charge in [-0.1, -0.05) is 0 Å². The first-order valence-electron chi connectivity index (χ1n) is 4.92. The summed E-state index contributed by atoms with van der Waals surface area (Å²) < 4.78 is 0. The Balaban J connectivity index is 3.24. The third-order valence-electron chi connectivity index (χ3n) is 2.38. The van der Waals surface area contributed by atoms with Crippen LogP contribution in [0.5, 0.6) is 0 Å². The third-order valence-corrected chi connectivity index (χ3v) is 2.38. The minimum atomic E-state index is 0.115. The SMILES string of the molecule is CCNc1cc(C)c(C)cc1C(C)=O. The first-order valence-corrected chi connectivity index (χ1v) is 4.92. The molecule has 14 heavy (non-hydrogen) atoms. The molecule has 2 heteroatoms. The highest BCUT2D eigenvalue weighted by molar-refractivity contribution is 5.99. The molecule has 0 saturated heterocycles. The topological polar surface area (TPSA) is 29.1 Å².